The summed E-state index contributed by atoms with van der Waals surface area (Å²) in [5.41, 5.74) is 0.759. The van der Waals surface area contributed by atoms with Crippen LogP contribution in [0, 0.1) is 11.8 Å². The maximum atomic E-state index is 14.2. The molecule has 1 unspecified atom stereocenters. The third-order valence-electron chi connectivity index (χ3n) is 8.08. The van der Waals surface area contributed by atoms with E-state index in [2.05, 4.69) is 6.08 Å². The zero-order valence-electron chi connectivity index (χ0n) is 22.3. The molecule has 3 amide bonds. The number of nitrogens with zero attached hydrogens (tertiary/aromatic N) is 3. The van der Waals surface area contributed by atoms with Crippen molar-refractivity contribution in [1.29, 1.82) is 0 Å². The Labute approximate surface area is 228 Å². The van der Waals surface area contributed by atoms with Crippen LogP contribution in [-0.4, -0.2) is 87.6 Å². The van der Waals surface area contributed by atoms with Crippen LogP contribution in [0.2, 0.25) is 0 Å². The molecule has 0 saturated carbocycles. The van der Waals surface area contributed by atoms with Gasteiger partial charge in [0.2, 0.25) is 17.7 Å². The fourth-order valence-electron chi connectivity index (χ4n) is 6.37. The molecular weight excluding hydrogens is 502 g/mol. The second-order valence-corrected chi connectivity index (χ2v) is 12.1. The van der Waals surface area contributed by atoms with E-state index in [4.69, 9.17) is 4.74 Å². The minimum atomic E-state index is -0.811. The Bertz CT molecular complexity index is 1140. The standard InChI is InChI=1S/C29H37N3O5S/c1-4-37-21-12-10-20(11-13-21)31-16-7-9-22-23(26(31)34)24-27(35)32(15-5-6-18-33)25-28(36)30(19(2)3)17-8-14-29(24,25)38-22/h7-14,19,22-25,33H,4-6,15-18H2,1-3H3/t22-,23+,24-,25?,29-/m0/s1. The summed E-state index contributed by atoms with van der Waals surface area (Å²) in [7, 11) is 0. The van der Waals surface area contributed by atoms with Crippen molar-refractivity contribution in [3.8, 4) is 5.75 Å². The lowest BCUT2D eigenvalue weighted by Crippen LogP contribution is -2.54. The summed E-state index contributed by atoms with van der Waals surface area (Å²) in [6.07, 6.45) is 9.27. The normalized spacial score (nSPS) is 30.4. The van der Waals surface area contributed by atoms with Crippen molar-refractivity contribution >= 4 is 35.2 Å². The van der Waals surface area contributed by atoms with Crippen molar-refractivity contribution < 1.29 is 24.2 Å². The minimum absolute atomic E-state index is 0.00990. The predicted molar refractivity (Wildman–Crippen MR) is 148 cm³/mol. The number of amides is 3. The summed E-state index contributed by atoms with van der Waals surface area (Å²) in [5.74, 6) is -0.754. The summed E-state index contributed by atoms with van der Waals surface area (Å²) in [4.78, 5) is 47.7. The maximum Gasteiger partial charge on any atom is 0.247 e. The van der Waals surface area contributed by atoms with Gasteiger partial charge in [-0.15, -0.1) is 11.8 Å². The third-order valence-corrected chi connectivity index (χ3v) is 9.82. The number of carbonyl (C=O) groups is 3. The van der Waals surface area contributed by atoms with Crippen molar-refractivity contribution in [2.45, 2.75) is 55.7 Å². The van der Waals surface area contributed by atoms with Crippen LogP contribution in [0.1, 0.15) is 33.6 Å². The van der Waals surface area contributed by atoms with Crippen molar-refractivity contribution in [3.05, 3.63) is 48.6 Å². The smallest absolute Gasteiger partial charge is 0.247 e. The fraction of sp³-hybridized carbons (Fsp3) is 0.552. The quantitative estimate of drug-likeness (QED) is 0.404. The average molecular weight is 540 g/mol. The zero-order valence-corrected chi connectivity index (χ0v) is 23.1. The van der Waals surface area contributed by atoms with Gasteiger partial charge in [0.1, 0.15) is 11.8 Å². The molecule has 4 aliphatic heterocycles. The monoisotopic (exact) mass is 539 g/mol. The molecule has 1 spiro atoms. The summed E-state index contributed by atoms with van der Waals surface area (Å²) >= 11 is 1.60. The number of rotatable bonds is 8. The fourth-order valence-corrected chi connectivity index (χ4v) is 8.38. The molecule has 38 heavy (non-hydrogen) atoms. The van der Waals surface area contributed by atoms with Crippen molar-refractivity contribution in [2.24, 2.45) is 11.8 Å². The van der Waals surface area contributed by atoms with Crippen LogP contribution in [-0.2, 0) is 14.4 Å². The van der Waals surface area contributed by atoms with Gasteiger partial charge in [0, 0.05) is 43.2 Å². The molecule has 5 rings (SSSR count). The summed E-state index contributed by atoms with van der Waals surface area (Å²) in [6.45, 7) is 7.80. The predicted octanol–water partition coefficient (Wildman–Crippen LogP) is 2.86. The van der Waals surface area contributed by atoms with Crippen LogP contribution in [0.4, 0.5) is 5.69 Å². The summed E-state index contributed by atoms with van der Waals surface area (Å²) in [5, 5.41) is 9.16. The first-order valence-corrected chi connectivity index (χ1v) is 14.5. The first-order chi connectivity index (χ1) is 18.3. The number of likely N-dealkylation sites (tertiary alicyclic amines) is 1. The van der Waals surface area contributed by atoms with E-state index in [0.29, 0.717) is 39.1 Å². The second-order valence-electron chi connectivity index (χ2n) is 10.6. The van der Waals surface area contributed by atoms with Crippen LogP contribution in [0.15, 0.2) is 48.6 Å². The number of aliphatic hydroxyl groups is 1. The molecule has 8 nitrogen and oxygen atoms in total. The molecule has 2 saturated heterocycles. The van der Waals surface area contributed by atoms with Gasteiger partial charge in [-0.25, -0.2) is 0 Å². The lowest BCUT2D eigenvalue weighted by molar-refractivity contribution is -0.143. The molecule has 1 aromatic rings. The van der Waals surface area contributed by atoms with Gasteiger partial charge in [0.25, 0.3) is 0 Å². The number of benzene rings is 1. The molecule has 0 radical (unpaired) electrons. The highest BCUT2D eigenvalue weighted by atomic mass is 32.2. The number of fused-ring (bicyclic) bond motifs is 2. The first-order valence-electron chi connectivity index (χ1n) is 13.6. The van der Waals surface area contributed by atoms with Gasteiger partial charge in [-0.1, -0.05) is 24.3 Å². The lowest BCUT2D eigenvalue weighted by atomic mass is 9.78. The molecule has 0 aromatic heterocycles. The Hall–Kier alpha value is -2.78. The van der Waals surface area contributed by atoms with Crippen LogP contribution >= 0.6 is 11.8 Å². The number of carbonyl (C=O) groups excluding carboxylic acids is 3. The Kier molecular flexibility index (Phi) is 7.60. The van der Waals surface area contributed by atoms with E-state index in [-0.39, 0.29) is 35.6 Å². The Balaban J connectivity index is 1.53. The SMILES string of the molecule is CCOc1ccc(N2CC=C[C@@H]3S[C@]45C=CCN(C(C)C)C(=O)C4N(CCCCO)C(=O)[C@@H]5[C@@H]3C2=O)cc1. The number of unbranched alkanes of at least 4 members (excludes halogenated alkanes) is 1. The molecule has 5 atom stereocenters. The average Bonchev–Trinajstić information content (AvgIpc) is 3.20. The van der Waals surface area contributed by atoms with E-state index in [1.807, 2.05) is 68.2 Å². The van der Waals surface area contributed by atoms with Gasteiger partial charge >= 0.3 is 0 Å². The molecule has 204 valence electrons. The lowest BCUT2D eigenvalue weighted by Gasteiger charge is -2.36. The molecule has 0 bridgehead atoms. The van der Waals surface area contributed by atoms with E-state index < -0.39 is 22.6 Å². The molecule has 1 aromatic carbocycles. The Morgan fingerprint density at radius 3 is 2.50 bits per heavy atom. The van der Waals surface area contributed by atoms with Gasteiger partial charge in [-0.05, 0) is 57.9 Å². The van der Waals surface area contributed by atoms with E-state index in [0.717, 1.165) is 11.4 Å². The van der Waals surface area contributed by atoms with Gasteiger partial charge < -0.3 is 24.5 Å². The molecule has 4 aliphatic rings. The molecule has 1 N–H and O–H groups in total. The molecule has 2 fully saturated rings. The van der Waals surface area contributed by atoms with Crippen LogP contribution in [0.25, 0.3) is 0 Å². The number of ether oxygens (including phenoxy) is 1. The van der Waals surface area contributed by atoms with E-state index in [1.165, 1.54) is 0 Å². The number of thioether (sulfide) groups is 1. The van der Waals surface area contributed by atoms with Crippen molar-refractivity contribution in [3.63, 3.8) is 0 Å². The number of hydrogen-bond donors (Lipinski definition) is 1. The topological polar surface area (TPSA) is 90.4 Å². The summed E-state index contributed by atoms with van der Waals surface area (Å²) < 4.78 is 4.76. The van der Waals surface area contributed by atoms with Gasteiger partial charge in [0.15, 0.2) is 0 Å². The van der Waals surface area contributed by atoms with E-state index >= 15 is 0 Å². The highest BCUT2D eigenvalue weighted by Gasteiger charge is 2.71. The number of hydrogen-bond acceptors (Lipinski definition) is 6. The molecule has 4 heterocycles. The first kappa shape index (κ1) is 26.8. The van der Waals surface area contributed by atoms with Crippen molar-refractivity contribution in [1.82, 2.24) is 9.80 Å². The molecular formula is C29H37N3O5S. The highest BCUT2D eigenvalue weighted by molar-refractivity contribution is 8.02. The Morgan fingerprint density at radius 2 is 1.82 bits per heavy atom. The van der Waals surface area contributed by atoms with Gasteiger partial charge in [0.05, 0.1) is 23.2 Å². The minimum Gasteiger partial charge on any atom is -0.494 e. The maximum absolute atomic E-state index is 14.2. The van der Waals surface area contributed by atoms with Crippen LogP contribution < -0.4 is 9.64 Å². The molecule has 9 heteroatoms. The van der Waals surface area contributed by atoms with E-state index in [1.54, 1.807) is 21.6 Å². The largest absolute Gasteiger partial charge is 0.494 e. The van der Waals surface area contributed by atoms with Crippen molar-refractivity contribution in [2.75, 3.05) is 37.7 Å². The Morgan fingerprint density at radius 1 is 1.05 bits per heavy atom. The third kappa shape index (κ3) is 4.33. The van der Waals surface area contributed by atoms with Crippen LogP contribution in [0.5, 0.6) is 5.75 Å². The number of aliphatic hydroxyl groups excluding tert-OH is 1. The zero-order chi connectivity index (χ0) is 27.0. The highest BCUT2D eigenvalue weighted by Crippen LogP contribution is 2.61. The second kappa shape index (κ2) is 10.8. The van der Waals surface area contributed by atoms with Crippen LogP contribution in [0.3, 0.4) is 0 Å². The summed E-state index contributed by atoms with van der Waals surface area (Å²) in [6, 6.07) is 6.79. The van der Waals surface area contributed by atoms with Gasteiger partial charge in [-0.3, -0.25) is 14.4 Å². The number of anilines is 1. The molecule has 0 aliphatic carbocycles. The van der Waals surface area contributed by atoms with E-state index in [9.17, 15) is 19.5 Å². The van der Waals surface area contributed by atoms with Gasteiger partial charge in [-0.2, -0.15) is 0 Å².